The maximum atomic E-state index is 13.9. The number of halogens is 3. The van der Waals surface area contributed by atoms with Crippen LogP contribution in [-0.4, -0.2) is 28.3 Å². The van der Waals surface area contributed by atoms with Crippen molar-refractivity contribution >= 4 is 17.5 Å². The number of carbonyl (C=O) groups excluding carboxylic acids is 1. The third-order valence-corrected chi connectivity index (χ3v) is 6.29. The zero-order chi connectivity index (χ0) is 20.8. The number of amides is 1. The van der Waals surface area contributed by atoms with Gasteiger partial charge in [0.1, 0.15) is 0 Å². The highest BCUT2D eigenvalue weighted by atomic mass is 35.5. The molecule has 1 aromatic carbocycles. The molecule has 1 fully saturated rings. The summed E-state index contributed by atoms with van der Waals surface area (Å²) in [6.45, 7) is 3.75. The Balaban J connectivity index is 1.65. The Morgan fingerprint density at radius 2 is 2.00 bits per heavy atom. The highest BCUT2D eigenvalue weighted by Crippen LogP contribution is 2.45. The third-order valence-electron chi connectivity index (χ3n) is 6.04. The topological polar surface area (TPSA) is 37.3 Å². The molecule has 1 aliphatic heterocycles. The molecule has 1 N–H and O–H groups in total. The van der Waals surface area contributed by atoms with Crippen LogP contribution in [0.5, 0.6) is 0 Å². The summed E-state index contributed by atoms with van der Waals surface area (Å²) in [5.74, 6) is -2.75. The van der Waals surface area contributed by atoms with Gasteiger partial charge in [0.15, 0.2) is 0 Å². The quantitative estimate of drug-likeness (QED) is 0.742. The van der Waals surface area contributed by atoms with Crippen molar-refractivity contribution in [3.63, 3.8) is 0 Å². The van der Waals surface area contributed by atoms with E-state index in [1.54, 1.807) is 12.1 Å². The van der Waals surface area contributed by atoms with Crippen LogP contribution in [0.1, 0.15) is 65.1 Å². The first-order chi connectivity index (χ1) is 13.8. The second-order valence-corrected chi connectivity index (χ2v) is 8.64. The van der Waals surface area contributed by atoms with Gasteiger partial charge in [-0.05, 0) is 37.6 Å². The number of carbonyl (C=O) groups is 1. The zero-order valence-electron chi connectivity index (χ0n) is 16.8. The van der Waals surface area contributed by atoms with Crippen LogP contribution in [0.4, 0.5) is 8.78 Å². The number of hydrogen-bond donors (Lipinski definition) is 1. The number of fused-ring (bicyclic) bond motifs is 1. The lowest BCUT2D eigenvalue weighted by molar-refractivity contribution is 0.00546. The number of alkyl halides is 2. The third kappa shape index (κ3) is 3.92. The number of nitrogens with zero attached hydrogens (tertiary/aromatic N) is 2. The number of aromatic nitrogens is 1. The molecule has 4 rings (SSSR count). The molecule has 2 heterocycles. The van der Waals surface area contributed by atoms with Gasteiger partial charge >= 0.3 is 0 Å². The predicted octanol–water partition coefficient (Wildman–Crippen LogP) is 4.94. The van der Waals surface area contributed by atoms with Gasteiger partial charge < -0.3 is 9.88 Å². The number of rotatable bonds is 5. The Morgan fingerprint density at radius 1 is 1.28 bits per heavy atom. The lowest BCUT2D eigenvalue weighted by Crippen LogP contribution is -2.26. The molecule has 4 nitrogen and oxygen atoms in total. The van der Waals surface area contributed by atoms with E-state index in [0.717, 1.165) is 22.5 Å². The van der Waals surface area contributed by atoms with Crippen LogP contribution in [0.15, 0.2) is 24.3 Å². The van der Waals surface area contributed by atoms with E-state index >= 15 is 0 Å². The molecule has 2 aliphatic rings. The molecule has 1 saturated carbocycles. The van der Waals surface area contributed by atoms with Crippen LogP contribution in [0, 0.1) is 0 Å². The summed E-state index contributed by atoms with van der Waals surface area (Å²) in [6, 6.07) is 7.12. The molecule has 1 aliphatic carbocycles. The molecule has 1 atom stereocenters. The summed E-state index contributed by atoms with van der Waals surface area (Å²) < 4.78 is 29.9. The number of benzene rings is 1. The second kappa shape index (κ2) is 7.73. The van der Waals surface area contributed by atoms with Crippen LogP contribution < -0.4 is 5.32 Å². The monoisotopic (exact) mass is 421 g/mol. The van der Waals surface area contributed by atoms with E-state index in [4.69, 9.17) is 11.6 Å². The lowest BCUT2D eigenvalue weighted by Gasteiger charge is -2.21. The summed E-state index contributed by atoms with van der Waals surface area (Å²) in [4.78, 5) is 15.3. The normalized spacial score (nSPS) is 20.8. The Kier molecular flexibility index (Phi) is 5.42. The van der Waals surface area contributed by atoms with Crippen LogP contribution in [0.2, 0.25) is 5.02 Å². The van der Waals surface area contributed by atoms with Crippen molar-refractivity contribution in [1.29, 1.82) is 0 Å². The molecule has 7 heteroatoms. The molecule has 1 unspecified atom stereocenters. The fraction of sp³-hybridized carbons (Fsp3) is 0.500. The molecule has 0 radical (unpaired) electrons. The van der Waals surface area contributed by atoms with Crippen LogP contribution in [-0.2, 0) is 26.1 Å². The van der Waals surface area contributed by atoms with Crippen molar-refractivity contribution in [2.45, 2.75) is 64.2 Å². The van der Waals surface area contributed by atoms with Crippen molar-refractivity contribution in [3.05, 3.63) is 57.4 Å². The Bertz CT molecular complexity index is 923. The molecule has 29 heavy (non-hydrogen) atoms. The zero-order valence-corrected chi connectivity index (χ0v) is 17.5. The Hall–Kier alpha value is -1.92. The summed E-state index contributed by atoms with van der Waals surface area (Å²) >= 11 is 5.92. The molecule has 156 valence electrons. The van der Waals surface area contributed by atoms with E-state index in [1.807, 2.05) is 26.1 Å². The molecule has 0 spiro atoms. The molecule has 1 amide bonds. The molecule has 0 saturated heterocycles. The summed E-state index contributed by atoms with van der Waals surface area (Å²) in [5.41, 5.74) is 4.55. The van der Waals surface area contributed by atoms with Crippen LogP contribution in [0.25, 0.3) is 0 Å². The van der Waals surface area contributed by atoms with E-state index < -0.39 is 5.92 Å². The second-order valence-electron chi connectivity index (χ2n) is 8.20. The van der Waals surface area contributed by atoms with Gasteiger partial charge in [-0.3, -0.25) is 9.69 Å². The predicted molar refractivity (Wildman–Crippen MR) is 109 cm³/mol. The van der Waals surface area contributed by atoms with Gasteiger partial charge in [0.2, 0.25) is 5.92 Å². The fourth-order valence-corrected chi connectivity index (χ4v) is 4.87. The SMILES string of the molecule is CCc1c(C(=O)NCc2ccc(Cl)cc2)c2c(n1C1CCC(F)(F)C1)CN(C)C2. The van der Waals surface area contributed by atoms with Gasteiger partial charge in [-0.25, -0.2) is 8.78 Å². The van der Waals surface area contributed by atoms with Crippen molar-refractivity contribution in [2.24, 2.45) is 0 Å². The first-order valence-corrected chi connectivity index (χ1v) is 10.5. The van der Waals surface area contributed by atoms with E-state index in [1.165, 1.54) is 0 Å². The van der Waals surface area contributed by atoms with Gasteiger partial charge in [-0.15, -0.1) is 0 Å². The Labute approximate surface area is 174 Å². The summed E-state index contributed by atoms with van der Waals surface area (Å²) in [5, 5.41) is 3.66. The first kappa shape index (κ1) is 20.4. The van der Waals surface area contributed by atoms with Crippen molar-refractivity contribution in [1.82, 2.24) is 14.8 Å². The van der Waals surface area contributed by atoms with E-state index in [0.29, 0.717) is 43.1 Å². The first-order valence-electron chi connectivity index (χ1n) is 10.1. The van der Waals surface area contributed by atoms with Crippen LogP contribution >= 0.6 is 11.6 Å². The fourth-order valence-electron chi connectivity index (χ4n) is 4.75. The maximum absolute atomic E-state index is 13.9. The van der Waals surface area contributed by atoms with E-state index in [2.05, 4.69) is 14.8 Å². The van der Waals surface area contributed by atoms with E-state index in [-0.39, 0.29) is 24.8 Å². The highest BCUT2D eigenvalue weighted by molar-refractivity contribution is 6.30. The lowest BCUT2D eigenvalue weighted by atomic mass is 10.1. The molecule has 0 bridgehead atoms. The minimum Gasteiger partial charge on any atom is -0.348 e. The molecule has 2 aromatic rings. The maximum Gasteiger partial charge on any atom is 0.253 e. The van der Waals surface area contributed by atoms with Gasteiger partial charge in [0.05, 0.1) is 5.56 Å². The van der Waals surface area contributed by atoms with E-state index in [9.17, 15) is 13.6 Å². The smallest absolute Gasteiger partial charge is 0.253 e. The molecular formula is C22H26ClF2N3O. The van der Waals surface area contributed by atoms with Crippen molar-refractivity contribution in [3.8, 4) is 0 Å². The highest BCUT2D eigenvalue weighted by Gasteiger charge is 2.43. The van der Waals surface area contributed by atoms with Gasteiger partial charge in [0.25, 0.3) is 5.91 Å². The average Bonchev–Trinajstić information content (AvgIpc) is 3.30. The van der Waals surface area contributed by atoms with Gasteiger partial charge in [0, 0.05) is 60.5 Å². The summed E-state index contributed by atoms with van der Waals surface area (Å²) in [7, 11) is 1.99. The standard InChI is InChI=1S/C22H26ClF2N3O/c1-3-18-20(21(29)26-11-14-4-6-15(23)7-5-14)17-12-27(2)13-19(17)28(18)16-8-9-22(24,25)10-16/h4-7,16H,3,8-13H2,1-2H3,(H,26,29). The minimum atomic E-state index is -2.62. The minimum absolute atomic E-state index is 0.0816. The van der Waals surface area contributed by atoms with Crippen LogP contribution in [0.3, 0.4) is 0 Å². The average molecular weight is 422 g/mol. The van der Waals surface area contributed by atoms with Crippen molar-refractivity contribution in [2.75, 3.05) is 7.05 Å². The number of hydrogen-bond acceptors (Lipinski definition) is 2. The summed E-state index contributed by atoms with van der Waals surface area (Å²) in [6.07, 6.45) is 0.873. The number of nitrogens with one attached hydrogen (secondary N) is 1. The molecular weight excluding hydrogens is 396 g/mol. The largest absolute Gasteiger partial charge is 0.348 e. The van der Waals surface area contributed by atoms with Gasteiger partial charge in [-0.2, -0.15) is 0 Å². The van der Waals surface area contributed by atoms with Crippen molar-refractivity contribution < 1.29 is 13.6 Å². The van der Waals surface area contributed by atoms with Gasteiger partial charge in [-0.1, -0.05) is 30.7 Å². The Morgan fingerprint density at radius 3 is 2.62 bits per heavy atom. The molecule has 1 aromatic heterocycles.